The van der Waals surface area contributed by atoms with Gasteiger partial charge in [-0.05, 0) is 48.7 Å². The number of hydrogen-bond acceptors (Lipinski definition) is 5. The fraction of sp³-hybridized carbons (Fsp3) is 0.429. The van der Waals surface area contributed by atoms with Gasteiger partial charge in [0.2, 0.25) is 10.0 Å². The molecule has 11 heteroatoms. The fourth-order valence-corrected chi connectivity index (χ4v) is 5.36. The Bertz CT molecular complexity index is 1030. The molecule has 1 aliphatic rings. The highest BCUT2D eigenvalue weighted by Gasteiger charge is 2.33. The normalized spacial score (nSPS) is 16.3. The molecule has 0 amide bonds. The highest BCUT2D eigenvalue weighted by atomic mass is 35.5. The van der Waals surface area contributed by atoms with Crippen LogP contribution >= 0.6 is 11.6 Å². The van der Waals surface area contributed by atoms with Gasteiger partial charge in [0.25, 0.3) is 0 Å². The summed E-state index contributed by atoms with van der Waals surface area (Å²) in [6.07, 6.45) is -3.65. The number of benzene rings is 2. The molecule has 176 valence electrons. The van der Waals surface area contributed by atoms with Crippen LogP contribution in [0.5, 0.6) is 5.75 Å². The summed E-state index contributed by atoms with van der Waals surface area (Å²) >= 11 is 5.89. The molecule has 1 saturated heterocycles. The van der Waals surface area contributed by atoms with Gasteiger partial charge in [-0.2, -0.15) is 13.2 Å². The number of hydrogen-bond donors (Lipinski definition) is 2. The second kappa shape index (κ2) is 10.4. The molecule has 1 heterocycles. The Kier molecular flexibility index (Phi) is 8.05. The van der Waals surface area contributed by atoms with Crippen molar-refractivity contribution in [2.24, 2.45) is 0 Å². The standard InChI is InChI=1S/C21H24ClF3N2O4S/c22-19-5-4-16(21(23,24)25)13-20(19)32(29,30)26-17-6-8-27(9-7-17)14-15-2-1-3-18(12-15)31-11-10-28/h1-5,12-13,17,26,28H,6-11,14H2. The van der Waals surface area contributed by atoms with Crippen LogP contribution in [-0.4, -0.2) is 50.8 Å². The Morgan fingerprint density at radius 3 is 2.53 bits per heavy atom. The number of piperidine rings is 1. The van der Waals surface area contributed by atoms with Gasteiger partial charge in [0.15, 0.2) is 0 Å². The number of nitrogens with zero attached hydrogens (tertiary/aromatic N) is 1. The first-order valence-electron chi connectivity index (χ1n) is 10.0. The first kappa shape index (κ1) is 24.8. The lowest BCUT2D eigenvalue weighted by Crippen LogP contribution is -2.44. The van der Waals surface area contributed by atoms with Crippen LogP contribution in [-0.2, 0) is 22.7 Å². The van der Waals surface area contributed by atoms with E-state index in [4.69, 9.17) is 21.4 Å². The number of alkyl halides is 3. The number of aliphatic hydroxyl groups is 1. The third-order valence-electron chi connectivity index (χ3n) is 5.12. The van der Waals surface area contributed by atoms with Crippen LogP contribution in [0.2, 0.25) is 5.02 Å². The van der Waals surface area contributed by atoms with Crippen molar-refractivity contribution in [3.05, 3.63) is 58.6 Å². The van der Waals surface area contributed by atoms with Crippen LogP contribution < -0.4 is 9.46 Å². The van der Waals surface area contributed by atoms with Gasteiger partial charge >= 0.3 is 6.18 Å². The molecule has 0 bridgehead atoms. The zero-order valence-corrected chi connectivity index (χ0v) is 18.7. The van der Waals surface area contributed by atoms with Crippen molar-refractivity contribution < 1.29 is 31.4 Å². The summed E-state index contributed by atoms with van der Waals surface area (Å²) in [7, 11) is -4.20. The lowest BCUT2D eigenvalue weighted by molar-refractivity contribution is -0.137. The van der Waals surface area contributed by atoms with Crippen molar-refractivity contribution in [2.45, 2.75) is 36.5 Å². The zero-order chi connectivity index (χ0) is 23.4. The minimum Gasteiger partial charge on any atom is -0.491 e. The first-order chi connectivity index (χ1) is 15.1. The van der Waals surface area contributed by atoms with E-state index in [0.717, 1.165) is 17.7 Å². The van der Waals surface area contributed by atoms with Crippen LogP contribution in [0.4, 0.5) is 13.2 Å². The lowest BCUT2D eigenvalue weighted by Gasteiger charge is -2.32. The molecular weight excluding hydrogens is 469 g/mol. The van der Waals surface area contributed by atoms with E-state index >= 15 is 0 Å². The average Bonchev–Trinajstić information content (AvgIpc) is 2.73. The lowest BCUT2D eigenvalue weighted by atomic mass is 10.1. The van der Waals surface area contributed by atoms with Crippen LogP contribution in [0.15, 0.2) is 47.4 Å². The van der Waals surface area contributed by atoms with E-state index in [-0.39, 0.29) is 18.2 Å². The Morgan fingerprint density at radius 2 is 1.88 bits per heavy atom. The summed E-state index contributed by atoms with van der Waals surface area (Å²) in [5.74, 6) is 0.664. The van der Waals surface area contributed by atoms with Crippen LogP contribution in [0.1, 0.15) is 24.0 Å². The molecule has 0 saturated carbocycles. The monoisotopic (exact) mass is 492 g/mol. The zero-order valence-electron chi connectivity index (χ0n) is 17.1. The molecule has 1 aliphatic heterocycles. The number of rotatable bonds is 8. The van der Waals surface area contributed by atoms with E-state index in [0.29, 0.717) is 44.3 Å². The number of aliphatic hydroxyl groups excluding tert-OH is 1. The maximum atomic E-state index is 13.0. The molecular formula is C21H24ClF3N2O4S. The highest BCUT2D eigenvalue weighted by molar-refractivity contribution is 7.89. The quantitative estimate of drug-likeness (QED) is 0.588. The molecule has 6 nitrogen and oxygen atoms in total. The molecule has 0 aromatic heterocycles. The second-order valence-electron chi connectivity index (χ2n) is 7.53. The molecule has 3 rings (SSSR count). The van der Waals surface area contributed by atoms with Gasteiger partial charge in [0.1, 0.15) is 17.3 Å². The summed E-state index contributed by atoms with van der Waals surface area (Å²) in [4.78, 5) is 1.59. The maximum Gasteiger partial charge on any atom is 0.416 e. The summed E-state index contributed by atoms with van der Waals surface area (Å²) in [5, 5.41) is 8.60. The summed E-state index contributed by atoms with van der Waals surface area (Å²) < 4.78 is 72.2. The van der Waals surface area contributed by atoms with Crippen LogP contribution in [0.25, 0.3) is 0 Å². The Morgan fingerprint density at radius 1 is 1.16 bits per heavy atom. The summed E-state index contributed by atoms with van der Waals surface area (Å²) in [6.45, 7) is 2.02. The predicted octanol–water partition coefficient (Wildman–Crippen LogP) is 3.67. The van der Waals surface area contributed by atoms with E-state index in [2.05, 4.69) is 9.62 Å². The van der Waals surface area contributed by atoms with Gasteiger partial charge in [0, 0.05) is 25.7 Å². The van der Waals surface area contributed by atoms with Crippen molar-refractivity contribution in [2.75, 3.05) is 26.3 Å². The number of ether oxygens (including phenoxy) is 1. The van der Waals surface area contributed by atoms with Gasteiger partial charge in [-0.1, -0.05) is 23.7 Å². The van der Waals surface area contributed by atoms with E-state index < -0.39 is 32.7 Å². The Balaban J connectivity index is 1.59. The first-order valence-corrected chi connectivity index (χ1v) is 11.9. The smallest absolute Gasteiger partial charge is 0.416 e. The minimum atomic E-state index is -4.67. The van der Waals surface area contributed by atoms with E-state index in [1.807, 2.05) is 18.2 Å². The predicted molar refractivity (Wildman–Crippen MR) is 114 cm³/mol. The average molecular weight is 493 g/mol. The van der Waals surface area contributed by atoms with Crippen molar-refractivity contribution in [1.82, 2.24) is 9.62 Å². The second-order valence-corrected chi connectivity index (χ2v) is 9.62. The van der Waals surface area contributed by atoms with Gasteiger partial charge in [-0.3, -0.25) is 4.90 Å². The van der Waals surface area contributed by atoms with Gasteiger partial charge < -0.3 is 9.84 Å². The van der Waals surface area contributed by atoms with Gasteiger partial charge in [-0.15, -0.1) is 0 Å². The summed E-state index contributed by atoms with van der Waals surface area (Å²) in [6, 6.07) is 9.37. The van der Waals surface area contributed by atoms with E-state index in [1.54, 1.807) is 6.07 Å². The number of sulfonamides is 1. The van der Waals surface area contributed by atoms with Crippen molar-refractivity contribution >= 4 is 21.6 Å². The number of likely N-dealkylation sites (tertiary alicyclic amines) is 1. The molecule has 2 aromatic carbocycles. The number of halogens is 4. The van der Waals surface area contributed by atoms with Crippen molar-refractivity contribution in [1.29, 1.82) is 0 Å². The SMILES string of the molecule is O=S(=O)(NC1CCN(Cc2cccc(OCCO)c2)CC1)c1cc(C(F)(F)F)ccc1Cl. The molecule has 0 unspecified atom stereocenters. The van der Waals surface area contributed by atoms with E-state index in [1.165, 1.54) is 0 Å². The van der Waals surface area contributed by atoms with Crippen LogP contribution in [0.3, 0.4) is 0 Å². The molecule has 0 atom stereocenters. The minimum absolute atomic E-state index is 0.0701. The molecule has 0 aliphatic carbocycles. The Hall–Kier alpha value is -1.85. The topological polar surface area (TPSA) is 78.9 Å². The fourth-order valence-electron chi connectivity index (χ4n) is 3.53. The molecule has 2 N–H and O–H groups in total. The maximum absolute atomic E-state index is 13.0. The third kappa shape index (κ3) is 6.58. The molecule has 32 heavy (non-hydrogen) atoms. The molecule has 1 fully saturated rings. The summed E-state index contributed by atoms with van der Waals surface area (Å²) in [5.41, 5.74) is -0.0440. The molecule has 0 spiro atoms. The largest absolute Gasteiger partial charge is 0.491 e. The molecule has 2 aromatic rings. The van der Waals surface area contributed by atoms with Crippen LogP contribution in [0, 0.1) is 0 Å². The van der Waals surface area contributed by atoms with Gasteiger partial charge in [-0.25, -0.2) is 13.1 Å². The van der Waals surface area contributed by atoms with Crippen molar-refractivity contribution in [3.63, 3.8) is 0 Å². The van der Waals surface area contributed by atoms with Gasteiger partial charge in [0.05, 0.1) is 17.2 Å². The van der Waals surface area contributed by atoms with Crippen molar-refractivity contribution in [3.8, 4) is 5.75 Å². The number of nitrogens with one attached hydrogen (secondary N) is 1. The third-order valence-corrected chi connectivity index (χ3v) is 7.12. The molecule has 0 radical (unpaired) electrons. The highest BCUT2D eigenvalue weighted by Crippen LogP contribution is 2.33. The van der Waals surface area contributed by atoms with E-state index in [9.17, 15) is 21.6 Å². The Labute approximate surface area is 190 Å².